The highest BCUT2D eigenvalue weighted by molar-refractivity contribution is 5.30. The Morgan fingerprint density at radius 2 is 2.00 bits per heavy atom. The molecule has 88 valence electrons. The minimum Gasteiger partial charge on any atom is -0.396 e. The van der Waals surface area contributed by atoms with Gasteiger partial charge in [-0.25, -0.2) is 0 Å². The summed E-state index contributed by atoms with van der Waals surface area (Å²) in [6.45, 7) is 0.217. The Labute approximate surface area is 99.1 Å². The molecule has 0 amide bonds. The highest BCUT2D eigenvalue weighted by Crippen LogP contribution is 2.47. The van der Waals surface area contributed by atoms with Gasteiger partial charge < -0.3 is 5.11 Å². The average Bonchev–Trinajstić information content (AvgIpc) is 3.00. The zero-order valence-electron chi connectivity index (χ0n) is 9.45. The van der Waals surface area contributed by atoms with Crippen LogP contribution in [0.15, 0.2) is 30.3 Å². The standard InChI is InChI=1S/C12H14N4O/c17-9-12(6-7-12)8-11-13-14-15-16(11)10-4-2-1-3-5-10/h1-5,17H,6-9H2. The van der Waals surface area contributed by atoms with E-state index in [0.717, 1.165) is 30.8 Å². The molecule has 1 aliphatic carbocycles. The maximum absolute atomic E-state index is 9.34. The number of aromatic nitrogens is 4. The molecular weight excluding hydrogens is 216 g/mol. The van der Waals surface area contributed by atoms with E-state index in [1.807, 2.05) is 30.3 Å². The Bertz CT molecular complexity index is 504. The van der Waals surface area contributed by atoms with Crippen molar-refractivity contribution in [2.24, 2.45) is 5.41 Å². The van der Waals surface area contributed by atoms with Crippen LogP contribution in [0.1, 0.15) is 18.7 Å². The van der Waals surface area contributed by atoms with Gasteiger partial charge in [0.05, 0.1) is 5.69 Å². The van der Waals surface area contributed by atoms with Gasteiger partial charge in [0, 0.05) is 18.4 Å². The maximum Gasteiger partial charge on any atom is 0.157 e. The average molecular weight is 230 g/mol. The first-order valence-corrected chi connectivity index (χ1v) is 5.77. The van der Waals surface area contributed by atoms with Crippen molar-refractivity contribution >= 4 is 0 Å². The summed E-state index contributed by atoms with van der Waals surface area (Å²) in [7, 11) is 0. The third-order valence-electron chi connectivity index (χ3n) is 3.36. The predicted octanol–water partition coefficient (Wildman–Crippen LogP) is 0.977. The summed E-state index contributed by atoms with van der Waals surface area (Å²) in [5, 5.41) is 21.1. The van der Waals surface area contributed by atoms with E-state index in [1.165, 1.54) is 0 Å². The van der Waals surface area contributed by atoms with Gasteiger partial charge in [-0.05, 0) is 35.4 Å². The summed E-state index contributed by atoms with van der Waals surface area (Å²) in [4.78, 5) is 0. The Balaban J connectivity index is 1.90. The Morgan fingerprint density at radius 3 is 2.65 bits per heavy atom. The molecule has 3 rings (SSSR count). The molecule has 0 saturated heterocycles. The van der Waals surface area contributed by atoms with E-state index in [2.05, 4.69) is 15.5 Å². The quantitative estimate of drug-likeness (QED) is 0.850. The molecule has 17 heavy (non-hydrogen) atoms. The number of aliphatic hydroxyl groups excluding tert-OH is 1. The van der Waals surface area contributed by atoms with E-state index < -0.39 is 0 Å². The molecule has 1 aromatic carbocycles. The molecule has 0 atom stereocenters. The first-order valence-electron chi connectivity index (χ1n) is 5.77. The van der Waals surface area contributed by atoms with Crippen molar-refractivity contribution in [2.75, 3.05) is 6.61 Å². The molecule has 0 unspecified atom stereocenters. The van der Waals surface area contributed by atoms with Gasteiger partial charge in [0.2, 0.25) is 0 Å². The minimum absolute atomic E-state index is 0.0290. The summed E-state index contributed by atoms with van der Waals surface area (Å²) in [5.74, 6) is 0.822. The van der Waals surface area contributed by atoms with Gasteiger partial charge in [-0.2, -0.15) is 4.68 Å². The summed E-state index contributed by atoms with van der Waals surface area (Å²) in [5.41, 5.74) is 0.988. The van der Waals surface area contributed by atoms with Gasteiger partial charge in [0.1, 0.15) is 0 Å². The Morgan fingerprint density at radius 1 is 1.24 bits per heavy atom. The van der Waals surface area contributed by atoms with Crippen LogP contribution in [0.4, 0.5) is 0 Å². The fourth-order valence-electron chi connectivity index (χ4n) is 1.99. The maximum atomic E-state index is 9.34. The van der Waals surface area contributed by atoms with E-state index in [0.29, 0.717) is 0 Å². The van der Waals surface area contributed by atoms with Gasteiger partial charge >= 0.3 is 0 Å². The molecule has 5 heteroatoms. The monoisotopic (exact) mass is 230 g/mol. The second-order valence-electron chi connectivity index (χ2n) is 4.68. The van der Waals surface area contributed by atoms with Crippen LogP contribution in [0, 0.1) is 5.41 Å². The van der Waals surface area contributed by atoms with Crippen LogP contribution in [0.2, 0.25) is 0 Å². The van der Waals surface area contributed by atoms with Crippen LogP contribution in [-0.4, -0.2) is 31.9 Å². The number of hydrogen-bond acceptors (Lipinski definition) is 4. The second-order valence-corrected chi connectivity index (χ2v) is 4.68. The normalized spacial score (nSPS) is 17.0. The molecule has 2 aromatic rings. The highest BCUT2D eigenvalue weighted by Gasteiger charge is 2.43. The number of para-hydroxylation sites is 1. The van der Waals surface area contributed by atoms with Gasteiger partial charge in [-0.3, -0.25) is 0 Å². The molecule has 1 heterocycles. The van der Waals surface area contributed by atoms with Gasteiger partial charge in [0.15, 0.2) is 5.82 Å². The fraction of sp³-hybridized carbons (Fsp3) is 0.417. The van der Waals surface area contributed by atoms with E-state index in [1.54, 1.807) is 4.68 Å². The van der Waals surface area contributed by atoms with Crippen LogP contribution in [-0.2, 0) is 6.42 Å². The lowest BCUT2D eigenvalue weighted by Crippen LogP contribution is -2.14. The Kier molecular flexibility index (Phi) is 2.40. The lowest BCUT2D eigenvalue weighted by Gasteiger charge is -2.10. The van der Waals surface area contributed by atoms with Crippen molar-refractivity contribution in [3.05, 3.63) is 36.2 Å². The Hall–Kier alpha value is -1.75. The molecule has 5 nitrogen and oxygen atoms in total. The van der Waals surface area contributed by atoms with Crippen molar-refractivity contribution in [3.63, 3.8) is 0 Å². The zero-order chi connectivity index (χ0) is 11.7. The van der Waals surface area contributed by atoms with Crippen molar-refractivity contribution in [1.82, 2.24) is 20.2 Å². The van der Waals surface area contributed by atoms with Crippen LogP contribution in [0.5, 0.6) is 0 Å². The lowest BCUT2D eigenvalue weighted by atomic mass is 10.0. The summed E-state index contributed by atoms with van der Waals surface area (Å²) in [6, 6.07) is 9.82. The largest absolute Gasteiger partial charge is 0.396 e. The molecule has 0 radical (unpaired) electrons. The number of nitrogens with zero attached hydrogens (tertiary/aromatic N) is 4. The molecule has 1 N–H and O–H groups in total. The third kappa shape index (κ3) is 1.93. The predicted molar refractivity (Wildman–Crippen MR) is 61.6 cm³/mol. The number of rotatable bonds is 4. The summed E-state index contributed by atoms with van der Waals surface area (Å²) < 4.78 is 1.75. The summed E-state index contributed by atoms with van der Waals surface area (Å²) in [6.07, 6.45) is 2.86. The first-order chi connectivity index (χ1) is 8.33. The molecule has 0 aliphatic heterocycles. The molecule has 1 aromatic heterocycles. The molecule has 1 saturated carbocycles. The zero-order valence-corrected chi connectivity index (χ0v) is 9.45. The highest BCUT2D eigenvalue weighted by atomic mass is 16.3. The molecule has 1 fully saturated rings. The first kappa shape index (κ1) is 10.4. The van der Waals surface area contributed by atoms with E-state index >= 15 is 0 Å². The van der Waals surface area contributed by atoms with Crippen molar-refractivity contribution in [2.45, 2.75) is 19.3 Å². The molecule has 1 aliphatic rings. The molecule has 0 spiro atoms. The second kappa shape index (κ2) is 3.92. The van der Waals surface area contributed by atoms with Crippen molar-refractivity contribution in [3.8, 4) is 5.69 Å². The lowest BCUT2D eigenvalue weighted by molar-refractivity contribution is 0.208. The smallest absolute Gasteiger partial charge is 0.157 e. The number of benzene rings is 1. The van der Waals surface area contributed by atoms with Crippen LogP contribution in [0.3, 0.4) is 0 Å². The van der Waals surface area contributed by atoms with Gasteiger partial charge in [-0.1, -0.05) is 18.2 Å². The van der Waals surface area contributed by atoms with E-state index in [-0.39, 0.29) is 12.0 Å². The van der Waals surface area contributed by atoms with Crippen molar-refractivity contribution < 1.29 is 5.11 Å². The molecule has 0 bridgehead atoms. The number of aliphatic hydroxyl groups is 1. The van der Waals surface area contributed by atoms with Crippen LogP contribution < -0.4 is 0 Å². The van der Waals surface area contributed by atoms with Gasteiger partial charge in [0.25, 0.3) is 0 Å². The SMILES string of the molecule is OCC1(Cc2nnnn2-c2ccccc2)CC1. The topological polar surface area (TPSA) is 63.8 Å². The third-order valence-corrected chi connectivity index (χ3v) is 3.36. The number of tetrazole rings is 1. The fourth-order valence-corrected chi connectivity index (χ4v) is 1.99. The molecular formula is C12H14N4O. The van der Waals surface area contributed by atoms with E-state index in [9.17, 15) is 5.11 Å². The van der Waals surface area contributed by atoms with Crippen LogP contribution in [0.25, 0.3) is 5.69 Å². The minimum atomic E-state index is 0.0290. The van der Waals surface area contributed by atoms with Crippen LogP contribution >= 0.6 is 0 Å². The summed E-state index contributed by atoms with van der Waals surface area (Å²) >= 11 is 0. The van der Waals surface area contributed by atoms with Gasteiger partial charge in [-0.15, -0.1) is 5.10 Å². The number of hydrogen-bond donors (Lipinski definition) is 1. The van der Waals surface area contributed by atoms with Crippen molar-refractivity contribution in [1.29, 1.82) is 0 Å². The van der Waals surface area contributed by atoms with E-state index in [4.69, 9.17) is 0 Å².